The van der Waals surface area contributed by atoms with Crippen molar-refractivity contribution in [2.75, 3.05) is 0 Å². The van der Waals surface area contributed by atoms with Gasteiger partial charge in [0.25, 0.3) is 0 Å². The topological polar surface area (TPSA) is 70.0 Å². The largest absolute Gasteiger partial charge is 0.242 e. The van der Waals surface area contributed by atoms with E-state index in [1.54, 1.807) is 6.07 Å². The van der Waals surface area contributed by atoms with E-state index in [2.05, 4.69) is 20.7 Å². The molecule has 0 aliphatic heterocycles. The lowest BCUT2D eigenvalue weighted by Gasteiger charge is -2.09. The highest BCUT2D eigenvalue weighted by Crippen LogP contribution is 2.22. The molecule has 0 radical (unpaired) electrons. The van der Waals surface area contributed by atoms with E-state index in [4.69, 9.17) is 5.26 Å². The third-order valence-corrected chi connectivity index (χ3v) is 4.24. The Morgan fingerprint density at radius 2 is 2.19 bits per heavy atom. The van der Waals surface area contributed by atoms with Gasteiger partial charge in [0.1, 0.15) is 11.9 Å². The van der Waals surface area contributed by atoms with Crippen molar-refractivity contribution in [1.82, 2.24) is 4.72 Å². The van der Waals surface area contributed by atoms with Crippen molar-refractivity contribution in [2.24, 2.45) is 0 Å². The molecule has 16 heavy (non-hydrogen) atoms. The van der Waals surface area contributed by atoms with Crippen LogP contribution in [0.5, 0.6) is 0 Å². The zero-order valence-corrected chi connectivity index (χ0v) is 10.6. The van der Waals surface area contributed by atoms with Crippen LogP contribution >= 0.6 is 15.9 Å². The van der Waals surface area contributed by atoms with Crippen LogP contribution in [0.3, 0.4) is 0 Å². The molecular weight excluding hydrogens is 299 g/mol. The summed E-state index contributed by atoms with van der Waals surface area (Å²) in [6, 6.07) is 4.16. The van der Waals surface area contributed by atoms with Gasteiger partial charge in [0.05, 0.1) is 11.0 Å². The molecule has 7 heteroatoms. The fourth-order valence-electron chi connectivity index (χ4n) is 1.01. The molecule has 0 aliphatic carbocycles. The van der Waals surface area contributed by atoms with Crippen molar-refractivity contribution in [3.63, 3.8) is 0 Å². The summed E-state index contributed by atoms with van der Waals surface area (Å²) in [7, 11) is -3.88. The summed E-state index contributed by atoms with van der Waals surface area (Å²) in [5.41, 5.74) is 0. The molecule has 1 atom stereocenters. The first kappa shape index (κ1) is 13.1. The SMILES string of the molecule is C[C@H](C#N)NS(=O)(=O)c1cc(F)ccc1Br. The van der Waals surface area contributed by atoms with E-state index in [1.165, 1.54) is 13.0 Å². The van der Waals surface area contributed by atoms with Gasteiger partial charge in [0.2, 0.25) is 10.0 Å². The van der Waals surface area contributed by atoms with Gasteiger partial charge in [-0.25, -0.2) is 12.8 Å². The van der Waals surface area contributed by atoms with Crippen LogP contribution in [-0.4, -0.2) is 14.5 Å². The maximum absolute atomic E-state index is 12.9. The highest BCUT2D eigenvalue weighted by molar-refractivity contribution is 9.10. The van der Waals surface area contributed by atoms with Crippen molar-refractivity contribution < 1.29 is 12.8 Å². The minimum Gasteiger partial charge on any atom is -0.207 e. The van der Waals surface area contributed by atoms with Crippen LogP contribution in [0.2, 0.25) is 0 Å². The third kappa shape index (κ3) is 3.01. The maximum Gasteiger partial charge on any atom is 0.242 e. The van der Waals surface area contributed by atoms with E-state index in [1.807, 2.05) is 0 Å². The molecule has 0 saturated carbocycles. The number of hydrogen-bond donors (Lipinski definition) is 1. The van der Waals surface area contributed by atoms with Crippen LogP contribution in [-0.2, 0) is 10.0 Å². The minimum absolute atomic E-state index is 0.227. The van der Waals surface area contributed by atoms with Gasteiger partial charge in [-0.1, -0.05) is 0 Å². The summed E-state index contributed by atoms with van der Waals surface area (Å²) < 4.78 is 38.7. The molecule has 1 rings (SSSR count). The van der Waals surface area contributed by atoms with E-state index in [0.717, 1.165) is 12.1 Å². The minimum atomic E-state index is -3.88. The summed E-state index contributed by atoms with van der Waals surface area (Å²) in [5.74, 6) is -0.659. The van der Waals surface area contributed by atoms with Crippen LogP contribution < -0.4 is 4.72 Å². The first-order valence-corrected chi connectivity index (χ1v) is 6.51. The van der Waals surface area contributed by atoms with Gasteiger partial charge >= 0.3 is 0 Å². The number of halogens is 2. The van der Waals surface area contributed by atoms with E-state index in [9.17, 15) is 12.8 Å². The molecule has 0 aromatic heterocycles. The van der Waals surface area contributed by atoms with Crippen LogP contribution in [0.1, 0.15) is 6.92 Å². The molecular formula is C9H8BrFN2O2S. The summed E-state index contributed by atoms with van der Waals surface area (Å²) in [6.07, 6.45) is 0. The molecule has 86 valence electrons. The molecule has 0 spiro atoms. The summed E-state index contributed by atoms with van der Waals surface area (Å²) in [5, 5.41) is 8.51. The molecule has 1 N–H and O–H groups in total. The lowest BCUT2D eigenvalue weighted by atomic mass is 10.3. The first-order valence-electron chi connectivity index (χ1n) is 4.24. The number of rotatable bonds is 3. The second-order valence-electron chi connectivity index (χ2n) is 3.05. The lowest BCUT2D eigenvalue weighted by Crippen LogP contribution is -2.31. The Hall–Kier alpha value is -0.970. The van der Waals surface area contributed by atoms with Crippen molar-refractivity contribution in [3.8, 4) is 6.07 Å². The Bertz CT molecular complexity index is 539. The van der Waals surface area contributed by atoms with Crippen molar-refractivity contribution in [3.05, 3.63) is 28.5 Å². The van der Waals surface area contributed by atoms with Crippen LogP contribution in [0.25, 0.3) is 0 Å². The van der Waals surface area contributed by atoms with Gasteiger partial charge in [-0.15, -0.1) is 0 Å². The van der Waals surface area contributed by atoms with Gasteiger partial charge in [0, 0.05) is 4.47 Å². The number of nitrogens with zero attached hydrogens (tertiary/aromatic N) is 1. The Morgan fingerprint density at radius 1 is 1.56 bits per heavy atom. The molecule has 0 saturated heterocycles. The smallest absolute Gasteiger partial charge is 0.207 e. The highest BCUT2D eigenvalue weighted by atomic mass is 79.9. The molecule has 0 bridgehead atoms. The van der Waals surface area contributed by atoms with Crippen molar-refractivity contribution in [1.29, 1.82) is 5.26 Å². The predicted octanol–water partition coefficient (Wildman–Crippen LogP) is 1.78. The first-order chi connectivity index (χ1) is 7.36. The average molecular weight is 307 g/mol. The molecule has 1 aromatic carbocycles. The summed E-state index contributed by atoms with van der Waals surface area (Å²) in [6.45, 7) is 1.39. The lowest BCUT2D eigenvalue weighted by molar-refractivity contribution is 0.572. The van der Waals surface area contributed by atoms with Crippen molar-refractivity contribution in [2.45, 2.75) is 17.9 Å². The second kappa shape index (κ2) is 4.91. The van der Waals surface area contributed by atoms with Crippen LogP contribution in [0.4, 0.5) is 4.39 Å². The summed E-state index contributed by atoms with van der Waals surface area (Å²) >= 11 is 3.01. The zero-order chi connectivity index (χ0) is 12.3. The van der Waals surface area contributed by atoms with Gasteiger partial charge in [-0.05, 0) is 41.1 Å². The van der Waals surface area contributed by atoms with Crippen molar-refractivity contribution >= 4 is 26.0 Å². The van der Waals surface area contributed by atoms with E-state index < -0.39 is 21.9 Å². The van der Waals surface area contributed by atoms with Gasteiger partial charge in [-0.2, -0.15) is 9.98 Å². The maximum atomic E-state index is 12.9. The molecule has 0 aliphatic rings. The van der Waals surface area contributed by atoms with E-state index in [0.29, 0.717) is 0 Å². The number of nitrogens with one attached hydrogen (secondary N) is 1. The molecule has 0 heterocycles. The van der Waals surface area contributed by atoms with Gasteiger partial charge in [-0.3, -0.25) is 0 Å². The van der Waals surface area contributed by atoms with Crippen LogP contribution in [0, 0.1) is 17.1 Å². The Balaban J connectivity index is 3.18. The average Bonchev–Trinajstić information content (AvgIpc) is 2.20. The highest BCUT2D eigenvalue weighted by Gasteiger charge is 2.20. The quantitative estimate of drug-likeness (QED) is 0.925. The fraction of sp³-hybridized carbons (Fsp3) is 0.222. The van der Waals surface area contributed by atoms with E-state index in [-0.39, 0.29) is 9.37 Å². The standard InChI is InChI=1S/C9H8BrFN2O2S/c1-6(5-12)13-16(14,15)9-4-7(11)2-3-8(9)10/h2-4,6,13H,1H3/t6-/m1/s1. The fourth-order valence-corrected chi connectivity index (χ4v) is 3.13. The number of nitriles is 1. The van der Waals surface area contributed by atoms with Gasteiger partial charge < -0.3 is 0 Å². The summed E-state index contributed by atoms with van der Waals surface area (Å²) in [4.78, 5) is -0.227. The monoisotopic (exact) mass is 306 g/mol. The predicted molar refractivity (Wildman–Crippen MR) is 59.5 cm³/mol. The molecule has 0 amide bonds. The Morgan fingerprint density at radius 3 is 2.75 bits per heavy atom. The Kier molecular flexibility index (Phi) is 4.02. The molecule has 0 unspecified atom stereocenters. The Labute approximate surface area is 101 Å². The van der Waals surface area contributed by atoms with Gasteiger partial charge in [0.15, 0.2) is 0 Å². The van der Waals surface area contributed by atoms with Crippen LogP contribution in [0.15, 0.2) is 27.6 Å². The molecule has 0 fully saturated rings. The molecule has 4 nitrogen and oxygen atoms in total. The third-order valence-electron chi connectivity index (χ3n) is 1.71. The normalized spacial score (nSPS) is 13.1. The number of sulfonamides is 1. The zero-order valence-electron chi connectivity index (χ0n) is 8.24. The van der Waals surface area contributed by atoms with E-state index >= 15 is 0 Å². The number of hydrogen-bond acceptors (Lipinski definition) is 3. The molecule has 1 aromatic rings. The number of benzene rings is 1. The second-order valence-corrected chi connectivity index (χ2v) is 5.58.